The zero-order valence-electron chi connectivity index (χ0n) is 12.7. The topological polar surface area (TPSA) is 108 Å². The standard InChI is InChI=1S/C16H15N5O3/c17-13-12-14-20-15(19-13)24-7-2-1-6-23-11-5-3-4-10(8-11)9-21(14)16(22)18-12/h1-5,8H,6-7,9H2,(H,18,22)(H2,17,19,20)/b2-1-. The van der Waals surface area contributed by atoms with Crippen molar-refractivity contribution < 1.29 is 14.6 Å². The predicted molar refractivity (Wildman–Crippen MR) is 87.1 cm³/mol. The van der Waals surface area contributed by atoms with E-state index in [4.69, 9.17) is 15.2 Å². The van der Waals surface area contributed by atoms with Gasteiger partial charge in [0.05, 0.1) is 6.54 Å². The van der Waals surface area contributed by atoms with E-state index in [1.807, 2.05) is 36.4 Å². The summed E-state index contributed by atoms with van der Waals surface area (Å²) in [4.78, 5) is 12.4. The minimum atomic E-state index is -0.179. The fourth-order valence-corrected chi connectivity index (χ4v) is 2.52. The van der Waals surface area contributed by atoms with Crippen LogP contribution in [0.25, 0.3) is 11.2 Å². The fraction of sp³-hybridized carbons (Fsp3) is 0.188. The molecule has 8 heteroatoms. The Labute approximate surface area is 137 Å². The number of hydrogen-bond donors (Lipinski definition) is 2. The number of rotatable bonds is 0. The maximum atomic E-state index is 10.2. The number of nitrogens with zero attached hydrogens (tertiary/aromatic N) is 4. The maximum absolute atomic E-state index is 10.2. The van der Waals surface area contributed by atoms with Gasteiger partial charge in [-0.15, -0.1) is 0 Å². The third-order valence-electron chi connectivity index (χ3n) is 3.64. The van der Waals surface area contributed by atoms with Gasteiger partial charge in [0.15, 0.2) is 17.0 Å². The molecule has 0 amide bonds. The molecule has 122 valence electrons. The lowest BCUT2D eigenvalue weighted by molar-refractivity contribution is 0.329. The zero-order chi connectivity index (χ0) is 16.5. The van der Waals surface area contributed by atoms with Crippen LogP contribution in [-0.2, 0) is 6.54 Å². The van der Waals surface area contributed by atoms with Gasteiger partial charge in [0.1, 0.15) is 19.0 Å². The third kappa shape index (κ3) is 2.58. The highest BCUT2D eigenvalue weighted by Gasteiger charge is 2.17. The molecule has 0 fully saturated rings. The van der Waals surface area contributed by atoms with E-state index in [-0.39, 0.29) is 24.4 Å². The Morgan fingerprint density at radius 1 is 1.08 bits per heavy atom. The molecule has 3 aromatic rings. The number of anilines is 1. The Hall–Kier alpha value is -3.29. The van der Waals surface area contributed by atoms with Crippen molar-refractivity contribution in [2.45, 2.75) is 6.54 Å². The van der Waals surface area contributed by atoms with Gasteiger partial charge in [-0.25, -0.2) is 0 Å². The number of fused-ring (bicyclic) bond motifs is 3. The van der Waals surface area contributed by atoms with E-state index in [2.05, 4.69) is 15.0 Å². The summed E-state index contributed by atoms with van der Waals surface area (Å²) in [5, 5.41) is 10.2. The predicted octanol–water partition coefficient (Wildman–Crippen LogP) is 1.49. The molecule has 4 rings (SSSR count). The van der Waals surface area contributed by atoms with Crippen LogP contribution < -0.4 is 15.2 Å². The smallest absolute Gasteiger partial charge is 0.320 e. The van der Waals surface area contributed by atoms with Crippen LogP contribution in [0.4, 0.5) is 5.82 Å². The molecular formula is C16H15N5O3. The summed E-state index contributed by atoms with van der Waals surface area (Å²) in [6.07, 6.45) is 3.67. The molecule has 3 heterocycles. The summed E-state index contributed by atoms with van der Waals surface area (Å²) < 4.78 is 12.7. The van der Waals surface area contributed by atoms with Crippen LogP contribution in [0.5, 0.6) is 17.8 Å². The lowest BCUT2D eigenvalue weighted by atomic mass is 10.2. The van der Waals surface area contributed by atoms with Crippen LogP contribution in [0.3, 0.4) is 0 Å². The van der Waals surface area contributed by atoms with E-state index in [1.54, 1.807) is 4.57 Å². The summed E-state index contributed by atoms with van der Waals surface area (Å²) in [5.41, 5.74) is 7.61. The Bertz CT molecular complexity index is 935. The number of aromatic nitrogens is 4. The van der Waals surface area contributed by atoms with E-state index in [9.17, 15) is 5.11 Å². The van der Waals surface area contributed by atoms with Crippen LogP contribution in [-0.4, -0.2) is 37.8 Å². The average molecular weight is 325 g/mol. The summed E-state index contributed by atoms with van der Waals surface area (Å²) >= 11 is 0. The van der Waals surface area contributed by atoms with Crippen molar-refractivity contribution in [3.63, 3.8) is 0 Å². The molecule has 0 saturated heterocycles. The second kappa shape index (κ2) is 5.73. The molecule has 0 saturated carbocycles. The summed E-state index contributed by atoms with van der Waals surface area (Å²) in [5.74, 6) is 0.908. The van der Waals surface area contributed by atoms with Crippen LogP contribution in [0.15, 0.2) is 36.4 Å². The van der Waals surface area contributed by atoms with E-state index < -0.39 is 0 Å². The minimum Gasteiger partial charge on any atom is -0.490 e. The molecule has 1 aromatic carbocycles. The van der Waals surface area contributed by atoms with Gasteiger partial charge < -0.3 is 20.3 Å². The largest absolute Gasteiger partial charge is 0.490 e. The normalized spacial score (nSPS) is 15.5. The fourth-order valence-electron chi connectivity index (χ4n) is 2.52. The molecule has 1 aliphatic rings. The van der Waals surface area contributed by atoms with Crippen molar-refractivity contribution in [1.29, 1.82) is 0 Å². The number of hydrogen-bond acceptors (Lipinski definition) is 7. The van der Waals surface area contributed by atoms with Gasteiger partial charge >= 0.3 is 6.01 Å². The Morgan fingerprint density at radius 2 is 1.92 bits per heavy atom. The van der Waals surface area contributed by atoms with Gasteiger partial charge in [0, 0.05) is 0 Å². The van der Waals surface area contributed by atoms with E-state index >= 15 is 0 Å². The molecule has 0 unspecified atom stereocenters. The summed E-state index contributed by atoms with van der Waals surface area (Å²) in [6.45, 7) is 1.08. The highest BCUT2D eigenvalue weighted by Crippen LogP contribution is 2.26. The van der Waals surface area contributed by atoms with Crippen molar-refractivity contribution in [2.75, 3.05) is 18.9 Å². The Morgan fingerprint density at radius 3 is 2.79 bits per heavy atom. The first-order chi connectivity index (χ1) is 11.7. The average Bonchev–Trinajstić information content (AvgIpc) is 2.88. The van der Waals surface area contributed by atoms with Crippen molar-refractivity contribution in [3.05, 3.63) is 42.0 Å². The SMILES string of the molecule is Nc1nc2nc3c1nc(O)n3Cc1cccc(c1)OC/C=C\CO2. The van der Waals surface area contributed by atoms with Crippen LogP contribution in [0, 0.1) is 0 Å². The van der Waals surface area contributed by atoms with Gasteiger partial charge in [-0.2, -0.15) is 15.0 Å². The van der Waals surface area contributed by atoms with Crippen molar-refractivity contribution >= 4 is 17.0 Å². The van der Waals surface area contributed by atoms with Crippen LogP contribution in [0.1, 0.15) is 5.56 Å². The van der Waals surface area contributed by atoms with Gasteiger partial charge in [0.25, 0.3) is 6.01 Å². The molecule has 1 aliphatic heterocycles. The quantitative estimate of drug-likeness (QED) is 0.603. The molecule has 4 bridgehead atoms. The molecule has 3 N–H and O–H groups in total. The highest BCUT2D eigenvalue weighted by molar-refractivity contribution is 5.83. The molecule has 24 heavy (non-hydrogen) atoms. The van der Waals surface area contributed by atoms with Crippen molar-refractivity contribution in [1.82, 2.24) is 19.5 Å². The van der Waals surface area contributed by atoms with Crippen LogP contribution in [0.2, 0.25) is 0 Å². The molecule has 0 aliphatic carbocycles. The van der Waals surface area contributed by atoms with Crippen molar-refractivity contribution in [3.8, 4) is 17.8 Å². The lowest BCUT2D eigenvalue weighted by Crippen LogP contribution is -2.06. The highest BCUT2D eigenvalue weighted by atomic mass is 16.5. The lowest BCUT2D eigenvalue weighted by Gasteiger charge is -2.10. The minimum absolute atomic E-state index is 0.137. The number of aromatic hydroxyl groups is 1. The van der Waals surface area contributed by atoms with Gasteiger partial charge in [-0.05, 0) is 29.8 Å². The molecule has 0 radical (unpaired) electrons. The van der Waals surface area contributed by atoms with Gasteiger partial charge in [0.2, 0.25) is 0 Å². The number of benzene rings is 1. The maximum Gasteiger partial charge on any atom is 0.320 e. The number of imidazole rings is 1. The van der Waals surface area contributed by atoms with E-state index in [0.29, 0.717) is 24.3 Å². The first-order valence-electron chi connectivity index (χ1n) is 7.43. The Balaban J connectivity index is 1.88. The summed E-state index contributed by atoms with van der Waals surface area (Å²) in [6, 6.07) is 7.58. The molecule has 0 spiro atoms. The van der Waals surface area contributed by atoms with Crippen LogP contribution >= 0.6 is 0 Å². The molecule has 0 atom stereocenters. The van der Waals surface area contributed by atoms with Gasteiger partial charge in [-0.3, -0.25) is 4.57 Å². The van der Waals surface area contributed by atoms with E-state index in [1.165, 1.54) is 0 Å². The number of nitrogens with two attached hydrogens (primary N) is 1. The monoisotopic (exact) mass is 325 g/mol. The summed E-state index contributed by atoms with van der Waals surface area (Å²) in [7, 11) is 0. The first kappa shape index (κ1) is 14.3. The van der Waals surface area contributed by atoms with Crippen molar-refractivity contribution in [2.24, 2.45) is 0 Å². The second-order valence-corrected chi connectivity index (χ2v) is 5.30. The molecule has 2 aromatic heterocycles. The third-order valence-corrected chi connectivity index (χ3v) is 3.64. The first-order valence-corrected chi connectivity index (χ1v) is 7.43. The Kier molecular flexibility index (Phi) is 3.42. The van der Waals surface area contributed by atoms with Gasteiger partial charge in [-0.1, -0.05) is 12.1 Å². The number of ether oxygens (including phenoxy) is 2. The van der Waals surface area contributed by atoms with E-state index in [0.717, 1.165) is 11.3 Å². The second-order valence-electron chi connectivity index (χ2n) is 5.30. The molecule has 8 nitrogen and oxygen atoms in total. The zero-order valence-corrected chi connectivity index (χ0v) is 12.7. The molecular weight excluding hydrogens is 310 g/mol. The number of nitrogen functional groups attached to an aromatic ring is 1.